The average Bonchev–Trinajstić information content (AvgIpc) is 3.17. The van der Waals surface area contributed by atoms with Gasteiger partial charge in [-0.25, -0.2) is 0 Å². The summed E-state index contributed by atoms with van der Waals surface area (Å²) < 4.78 is 16.3. The third-order valence-corrected chi connectivity index (χ3v) is 6.51. The van der Waals surface area contributed by atoms with Crippen molar-refractivity contribution in [2.45, 2.75) is 26.0 Å². The van der Waals surface area contributed by atoms with Gasteiger partial charge in [-0.2, -0.15) is 0 Å². The van der Waals surface area contributed by atoms with Crippen LogP contribution in [0, 0.1) is 6.92 Å². The fourth-order valence-electron chi connectivity index (χ4n) is 4.58. The van der Waals surface area contributed by atoms with Crippen molar-refractivity contribution in [2.75, 3.05) is 27.4 Å². The molecule has 8 heteroatoms. The molecule has 0 saturated carbocycles. The van der Waals surface area contributed by atoms with E-state index in [0.717, 1.165) is 5.56 Å². The van der Waals surface area contributed by atoms with Gasteiger partial charge in [0, 0.05) is 25.8 Å². The van der Waals surface area contributed by atoms with Gasteiger partial charge in [-0.15, -0.1) is 0 Å². The second-order valence-corrected chi connectivity index (χ2v) is 9.02. The van der Waals surface area contributed by atoms with Crippen LogP contribution >= 0.6 is 0 Å². The number of amides is 1. The molecule has 1 aliphatic rings. The zero-order chi connectivity index (χ0) is 27.2. The van der Waals surface area contributed by atoms with Crippen LogP contribution in [0.3, 0.4) is 0 Å². The van der Waals surface area contributed by atoms with Crippen molar-refractivity contribution in [3.63, 3.8) is 0 Å². The molecule has 0 aliphatic carbocycles. The smallest absolute Gasteiger partial charge is 0.295 e. The number of rotatable bonds is 10. The van der Waals surface area contributed by atoms with Gasteiger partial charge < -0.3 is 29.3 Å². The number of aromatic hydroxyl groups is 1. The summed E-state index contributed by atoms with van der Waals surface area (Å²) in [6, 6.07) is 18.7. The number of phenolic OH excluding ortho intramolecular Hbond substituents is 1. The van der Waals surface area contributed by atoms with E-state index < -0.39 is 17.7 Å². The summed E-state index contributed by atoms with van der Waals surface area (Å²) in [4.78, 5) is 27.8. The highest BCUT2D eigenvalue weighted by Crippen LogP contribution is 2.42. The first kappa shape index (κ1) is 26.8. The molecule has 0 unspecified atom stereocenters. The second-order valence-electron chi connectivity index (χ2n) is 9.02. The number of benzene rings is 3. The highest BCUT2D eigenvalue weighted by molar-refractivity contribution is 6.46. The monoisotopic (exact) mass is 517 g/mol. The lowest BCUT2D eigenvalue weighted by Crippen LogP contribution is -2.31. The Hall–Kier alpha value is -4.30. The minimum Gasteiger partial charge on any atom is -0.507 e. The standard InChI is InChI=1S/C30H31NO7/c1-19-16-22(38-18-20-8-5-4-6-9-20)11-12-23(19)28(33)26-27(21-10-13-24(32)25(17-21)37-3)31(14-7-15-36-2)30(35)29(26)34/h4-6,8-13,16-17,27,32-33H,7,14-15,18H2,1-3H3/t27-/m0/s1. The lowest BCUT2D eigenvalue weighted by Gasteiger charge is -2.26. The van der Waals surface area contributed by atoms with Crippen molar-refractivity contribution in [1.82, 2.24) is 4.90 Å². The van der Waals surface area contributed by atoms with Gasteiger partial charge in [0.1, 0.15) is 18.1 Å². The Bertz CT molecular complexity index is 1350. The molecule has 0 radical (unpaired) electrons. The SMILES string of the molecule is COCCCN1C(=O)C(=O)C(=C(O)c2ccc(OCc3ccccc3)cc2C)[C@@H]1c1ccc(O)c(OC)c1. The Balaban J connectivity index is 1.72. The third-order valence-electron chi connectivity index (χ3n) is 6.51. The Morgan fingerprint density at radius 3 is 2.45 bits per heavy atom. The van der Waals surface area contributed by atoms with Crippen LogP contribution in [0.5, 0.6) is 17.2 Å². The molecule has 1 atom stereocenters. The largest absolute Gasteiger partial charge is 0.507 e. The van der Waals surface area contributed by atoms with Crippen molar-refractivity contribution in [3.05, 3.63) is 94.6 Å². The zero-order valence-electron chi connectivity index (χ0n) is 21.6. The average molecular weight is 518 g/mol. The summed E-state index contributed by atoms with van der Waals surface area (Å²) in [6.07, 6.45) is 0.502. The number of Topliss-reactive ketones (excluding diaryl/α,β-unsaturated/α-hetero) is 1. The van der Waals surface area contributed by atoms with Crippen molar-refractivity contribution in [3.8, 4) is 17.2 Å². The molecule has 3 aromatic rings. The van der Waals surface area contributed by atoms with Crippen molar-refractivity contribution in [2.24, 2.45) is 0 Å². The Kier molecular flexibility index (Phi) is 8.33. The molecule has 0 aromatic heterocycles. The zero-order valence-corrected chi connectivity index (χ0v) is 21.6. The maximum absolute atomic E-state index is 13.3. The van der Waals surface area contributed by atoms with Gasteiger partial charge in [0.2, 0.25) is 0 Å². The number of carbonyl (C=O) groups is 2. The third kappa shape index (κ3) is 5.50. The van der Waals surface area contributed by atoms with E-state index in [1.165, 1.54) is 18.1 Å². The first-order chi connectivity index (χ1) is 18.3. The minimum atomic E-state index is -0.866. The lowest BCUT2D eigenvalue weighted by molar-refractivity contribution is -0.140. The van der Waals surface area contributed by atoms with E-state index in [1.54, 1.807) is 44.4 Å². The molecule has 1 saturated heterocycles. The minimum absolute atomic E-state index is 0.0267. The summed E-state index contributed by atoms with van der Waals surface area (Å²) in [6.45, 7) is 2.84. The molecule has 0 bridgehead atoms. The summed E-state index contributed by atoms with van der Waals surface area (Å²) >= 11 is 0. The van der Waals surface area contributed by atoms with E-state index in [1.807, 2.05) is 30.3 Å². The lowest BCUT2D eigenvalue weighted by atomic mass is 9.93. The van der Waals surface area contributed by atoms with Crippen LogP contribution in [0.1, 0.15) is 34.7 Å². The number of carbonyl (C=O) groups excluding carboxylic acids is 2. The summed E-state index contributed by atoms with van der Waals surface area (Å²) in [5.74, 6) is -1.03. The number of likely N-dealkylation sites (tertiary alicyclic amines) is 1. The van der Waals surface area contributed by atoms with E-state index in [0.29, 0.717) is 42.1 Å². The Morgan fingerprint density at radius 1 is 1.00 bits per heavy atom. The molecule has 38 heavy (non-hydrogen) atoms. The van der Waals surface area contributed by atoms with Gasteiger partial charge in [-0.3, -0.25) is 9.59 Å². The van der Waals surface area contributed by atoms with E-state index in [4.69, 9.17) is 14.2 Å². The van der Waals surface area contributed by atoms with Crippen LogP contribution in [0.2, 0.25) is 0 Å². The van der Waals surface area contributed by atoms with Gasteiger partial charge in [0.15, 0.2) is 11.5 Å². The highest BCUT2D eigenvalue weighted by atomic mass is 16.5. The number of ether oxygens (including phenoxy) is 3. The van der Waals surface area contributed by atoms with Gasteiger partial charge >= 0.3 is 0 Å². The van der Waals surface area contributed by atoms with Crippen LogP contribution in [0.15, 0.2) is 72.3 Å². The van der Waals surface area contributed by atoms with E-state index in [9.17, 15) is 19.8 Å². The van der Waals surface area contributed by atoms with Crippen LogP contribution < -0.4 is 9.47 Å². The summed E-state index contributed by atoms with van der Waals surface area (Å²) in [7, 11) is 2.98. The van der Waals surface area contributed by atoms with Crippen LogP contribution in [0.4, 0.5) is 0 Å². The number of methoxy groups -OCH3 is 2. The number of hydrogen-bond donors (Lipinski definition) is 2. The predicted octanol–water partition coefficient (Wildman–Crippen LogP) is 4.75. The molecular weight excluding hydrogens is 486 g/mol. The molecule has 8 nitrogen and oxygen atoms in total. The Labute approximate surface area is 221 Å². The molecule has 0 spiro atoms. The summed E-state index contributed by atoms with van der Waals surface area (Å²) in [5, 5.41) is 21.5. The molecule has 1 fully saturated rings. The van der Waals surface area contributed by atoms with Crippen LogP contribution in [-0.2, 0) is 20.9 Å². The van der Waals surface area contributed by atoms with E-state index in [2.05, 4.69) is 0 Å². The fraction of sp³-hybridized carbons (Fsp3) is 0.267. The predicted molar refractivity (Wildman–Crippen MR) is 142 cm³/mol. The molecule has 3 aromatic carbocycles. The maximum atomic E-state index is 13.3. The number of aliphatic hydroxyl groups excluding tert-OH is 1. The number of hydrogen-bond acceptors (Lipinski definition) is 7. The normalized spacial score (nSPS) is 16.6. The first-order valence-corrected chi connectivity index (χ1v) is 12.3. The quantitative estimate of drug-likeness (QED) is 0.173. The highest BCUT2D eigenvalue weighted by Gasteiger charge is 2.46. The number of phenols is 1. The number of aryl methyl sites for hydroxylation is 1. The molecule has 4 rings (SSSR count). The van der Waals surface area contributed by atoms with E-state index >= 15 is 0 Å². The van der Waals surface area contributed by atoms with Crippen molar-refractivity contribution in [1.29, 1.82) is 0 Å². The maximum Gasteiger partial charge on any atom is 0.295 e. The van der Waals surface area contributed by atoms with Gasteiger partial charge in [0.25, 0.3) is 11.7 Å². The van der Waals surface area contributed by atoms with Crippen LogP contribution in [0.25, 0.3) is 5.76 Å². The van der Waals surface area contributed by atoms with Gasteiger partial charge in [-0.1, -0.05) is 36.4 Å². The molecule has 2 N–H and O–H groups in total. The molecule has 198 valence electrons. The second kappa shape index (κ2) is 11.8. The number of nitrogens with zero attached hydrogens (tertiary/aromatic N) is 1. The number of aliphatic hydroxyl groups is 1. The first-order valence-electron chi connectivity index (χ1n) is 12.3. The van der Waals surface area contributed by atoms with E-state index in [-0.39, 0.29) is 29.4 Å². The molecular formula is C30H31NO7. The topological polar surface area (TPSA) is 106 Å². The Morgan fingerprint density at radius 2 is 1.76 bits per heavy atom. The summed E-state index contributed by atoms with van der Waals surface area (Å²) in [5.41, 5.74) is 2.62. The molecule has 1 heterocycles. The van der Waals surface area contributed by atoms with Crippen molar-refractivity contribution >= 4 is 17.4 Å². The fourth-order valence-corrected chi connectivity index (χ4v) is 4.58. The molecule has 1 amide bonds. The molecule has 1 aliphatic heterocycles. The van der Waals surface area contributed by atoms with Gasteiger partial charge in [0.05, 0.1) is 18.7 Å². The number of ketones is 1. The van der Waals surface area contributed by atoms with Crippen LogP contribution in [-0.4, -0.2) is 54.2 Å². The van der Waals surface area contributed by atoms with Crippen molar-refractivity contribution < 1.29 is 34.0 Å². The van der Waals surface area contributed by atoms with Gasteiger partial charge in [-0.05, 0) is 60.4 Å².